The predicted molar refractivity (Wildman–Crippen MR) is 66.9 cm³/mol. The lowest BCUT2D eigenvalue weighted by Crippen LogP contribution is -2.36. The Hall–Kier alpha value is -0.0800. The van der Waals surface area contributed by atoms with Crippen LogP contribution in [0.25, 0.3) is 0 Å². The fraction of sp³-hybridized carbons (Fsp3) is 1.00. The summed E-state index contributed by atoms with van der Waals surface area (Å²) in [6.07, 6.45) is 5.50. The summed E-state index contributed by atoms with van der Waals surface area (Å²) in [5, 5.41) is 0. The Kier molecular flexibility index (Phi) is 5.62. The van der Waals surface area contributed by atoms with Crippen LogP contribution in [-0.4, -0.2) is 30.6 Å². The highest BCUT2D eigenvalue weighted by molar-refractivity contribution is 4.76. The molecular weight excluding hydrogens is 184 g/mol. The molecule has 0 aromatic carbocycles. The monoisotopic (exact) mass is 212 g/mol. The van der Waals surface area contributed by atoms with E-state index < -0.39 is 0 Å². The average molecular weight is 212 g/mol. The molecule has 1 aliphatic carbocycles. The van der Waals surface area contributed by atoms with Crippen LogP contribution in [0.1, 0.15) is 46.5 Å². The van der Waals surface area contributed by atoms with E-state index in [1.807, 2.05) is 0 Å². The molecule has 1 aliphatic rings. The first kappa shape index (κ1) is 13.0. The zero-order valence-electron chi connectivity index (χ0n) is 10.7. The van der Waals surface area contributed by atoms with Crippen molar-refractivity contribution in [1.29, 1.82) is 0 Å². The standard InChI is InChI=1S/C13H28N2/c1-4-15(11(2)3)10-13-7-5-12(9-14)6-8-13/h11-13H,4-10,14H2,1-3H3. The summed E-state index contributed by atoms with van der Waals surface area (Å²) in [7, 11) is 0. The van der Waals surface area contributed by atoms with Crippen LogP contribution in [0.2, 0.25) is 0 Å². The molecule has 1 rings (SSSR count). The lowest BCUT2D eigenvalue weighted by molar-refractivity contribution is 0.159. The first-order valence-electron chi connectivity index (χ1n) is 6.61. The van der Waals surface area contributed by atoms with E-state index >= 15 is 0 Å². The van der Waals surface area contributed by atoms with Crippen LogP contribution in [0.4, 0.5) is 0 Å². The third kappa shape index (κ3) is 4.12. The highest BCUT2D eigenvalue weighted by atomic mass is 15.1. The Balaban J connectivity index is 2.28. The van der Waals surface area contributed by atoms with Gasteiger partial charge in [-0.25, -0.2) is 0 Å². The molecule has 0 heterocycles. The van der Waals surface area contributed by atoms with Crippen molar-refractivity contribution < 1.29 is 0 Å². The van der Waals surface area contributed by atoms with E-state index in [0.29, 0.717) is 6.04 Å². The Labute approximate surface area is 95.2 Å². The van der Waals surface area contributed by atoms with Crippen LogP contribution in [0, 0.1) is 11.8 Å². The number of nitrogens with zero attached hydrogens (tertiary/aromatic N) is 1. The molecule has 0 aromatic heterocycles. The lowest BCUT2D eigenvalue weighted by Gasteiger charge is -2.33. The summed E-state index contributed by atoms with van der Waals surface area (Å²) < 4.78 is 0. The molecular formula is C13H28N2. The second-order valence-corrected chi connectivity index (χ2v) is 5.30. The second-order valence-electron chi connectivity index (χ2n) is 5.30. The van der Waals surface area contributed by atoms with Gasteiger partial charge < -0.3 is 10.6 Å². The fourth-order valence-corrected chi connectivity index (χ4v) is 2.69. The Morgan fingerprint density at radius 1 is 1.13 bits per heavy atom. The molecule has 0 amide bonds. The molecule has 0 radical (unpaired) electrons. The molecule has 2 heteroatoms. The topological polar surface area (TPSA) is 29.3 Å². The maximum absolute atomic E-state index is 5.71. The number of rotatable bonds is 5. The minimum Gasteiger partial charge on any atom is -0.330 e. The predicted octanol–water partition coefficient (Wildman–Crippen LogP) is 2.48. The van der Waals surface area contributed by atoms with Gasteiger partial charge in [-0.3, -0.25) is 0 Å². The van der Waals surface area contributed by atoms with Crippen LogP contribution in [-0.2, 0) is 0 Å². The summed E-state index contributed by atoms with van der Waals surface area (Å²) >= 11 is 0. The van der Waals surface area contributed by atoms with Crippen molar-refractivity contribution in [2.45, 2.75) is 52.5 Å². The molecule has 0 bridgehead atoms. The Morgan fingerprint density at radius 3 is 2.07 bits per heavy atom. The molecule has 2 nitrogen and oxygen atoms in total. The van der Waals surface area contributed by atoms with Gasteiger partial charge in [0.2, 0.25) is 0 Å². The largest absolute Gasteiger partial charge is 0.330 e. The van der Waals surface area contributed by atoms with E-state index in [-0.39, 0.29) is 0 Å². The molecule has 0 aromatic rings. The third-order valence-electron chi connectivity index (χ3n) is 3.93. The van der Waals surface area contributed by atoms with Crippen LogP contribution < -0.4 is 5.73 Å². The van der Waals surface area contributed by atoms with Gasteiger partial charge in [-0.15, -0.1) is 0 Å². The van der Waals surface area contributed by atoms with Crippen molar-refractivity contribution in [2.24, 2.45) is 17.6 Å². The van der Waals surface area contributed by atoms with Gasteiger partial charge in [0.15, 0.2) is 0 Å². The Bertz CT molecular complexity index is 160. The van der Waals surface area contributed by atoms with Gasteiger partial charge in [0, 0.05) is 12.6 Å². The van der Waals surface area contributed by atoms with Gasteiger partial charge in [0.1, 0.15) is 0 Å². The number of hydrogen-bond acceptors (Lipinski definition) is 2. The van der Waals surface area contributed by atoms with Gasteiger partial charge in [-0.1, -0.05) is 6.92 Å². The third-order valence-corrected chi connectivity index (χ3v) is 3.93. The van der Waals surface area contributed by atoms with Crippen molar-refractivity contribution >= 4 is 0 Å². The van der Waals surface area contributed by atoms with Crippen molar-refractivity contribution in [3.05, 3.63) is 0 Å². The molecule has 0 unspecified atom stereocenters. The molecule has 0 atom stereocenters. The van der Waals surface area contributed by atoms with Crippen molar-refractivity contribution in [2.75, 3.05) is 19.6 Å². The highest BCUT2D eigenvalue weighted by Crippen LogP contribution is 2.28. The minimum atomic E-state index is 0.697. The number of hydrogen-bond donors (Lipinski definition) is 1. The van der Waals surface area contributed by atoms with E-state index in [4.69, 9.17) is 5.73 Å². The molecule has 1 saturated carbocycles. The van der Waals surface area contributed by atoms with Crippen LogP contribution >= 0.6 is 0 Å². The summed E-state index contributed by atoms with van der Waals surface area (Å²) in [5.41, 5.74) is 5.71. The van der Waals surface area contributed by atoms with Crippen LogP contribution in [0.15, 0.2) is 0 Å². The first-order valence-corrected chi connectivity index (χ1v) is 6.61. The zero-order valence-corrected chi connectivity index (χ0v) is 10.7. The molecule has 0 spiro atoms. The summed E-state index contributed by atoms with van der Waals surface area (Å²) in [4.78, 5) is 2.59. The van der Waals surface area contributed by atoms with E-state index in [1.165, 1.54) is 38.8 Å². The van der Waals surface area contributed by atoms with Crippen molar-refractivity contribution in [1.82, 2.24) is 4.90 Å². The van der Waals surface area contributed by atoms with Gasteiger partial charge >= 0.3 is 0 Å². The minimum absolute atomic E-state index is 0.697. The SMILES string of the molecule is CCN(CC1CCC(CN)CC1)C(C)C. The van der Waals surface area contributed by atoms with Crippen LogP contribution in [0.3, 0.4) is 0 Å². The average Bonchev–Trinajstić information content (AvgIpc) is 2.26. The smallest absolute Gasteiger partial charge is 0.00385 e. The number of nitrogens with two attached hydrogens (primary N) is 1. The lowest BCUT2D eigenvalue weighted by atomic mass is 9.82. The maximum atomic E-state index is 5.71. The quantitative estimate of drug-likeness (QED) is 0.758. The van der Waals surface area contributed by atoms with Gasteiger partial charge in [0.05, 0.1) is 0 Å². The van der Waals surface area contributed by atoms with E-state index in [1.54, 1.807) is 0 Å². The van der Waals surface area contributed by atoms with Crippen molar-refractivity contribution in [3.63, 3.8) is 0 Å². The zero-order chi connectivity index (χ0) is 11.3. The second kappa shape index (κ2) is 6.49. The molecule has 0 saturated heterocycles. The molecule has 90 valence electrons. The van der Waals surface area contributed by atoms with Gasteiger partial charge in [-0.2, -0.15) is 0 Å². The van der Waals surface area contributed by atoms with Gasteiger partial charge in [-0.05, 0) is 64.5 Å². The van der Waals surface area contributed by atoms with E-state index in [9.17, 15) is 0 Å². The Morgan fingerprint density at radius 2 is 1.67 bits per heavy atom. The maximum Gasteiger partial charge on any atom is 0.00385 e. The summed E-state index contributed by atoms with van der Waals surface area (Å²) in [5.74, 6) is 1.74. The molecule has 2 N–H and O–H groups in total. The molecule has 15 heavy (non-hydrogen) atoms. The highest BCUT2D eigenvalue weighted by Gasteiger charge is 2.22. The molecule has 0 aliphatic heterocycles. The van der Waals surface area contributed by atoms with Gasteiger partial charge in [0.25, 0.3) is 0 Å². The summed E-state index contributed by atoms with van der Waals surface area (Å²) in [6, 6.07) is 0.697. The van der Waals surface area contributed by atoms with E-state index in [0.717, 1.165) is 18.4 Å². The van der Waals surface area contributed by atoms with Crippen LogP contribution in [0.5, 0.6) is 0 Å². The fourth-order valence-electron chi connectivity index (χ4n) is 2.69. The molecule has 1 fully saturated rings. The first-order chi connectivity index (χ1) is 7.17. The normalized spacial score (nSPS) is 27.6. The summed E-state index contributed by atoms with van der Waals surface area (Å²) in [6.45, 7) is 10.3. The van der Waals surface area contributed by atoms with E-state index in [2.05, 4.69) is 25.7 Å². The van der Waals surface area contributed by atoms with Crippen molar-refractivity contribution in [3.8, 4) is 0 Å².